The Labute approximate surface area is 84.0 Å². The molecule has 0 radical (unpaired) electrons. The van der Waals surface area contributed by atoms with Crippen LogP contribution in [0.1, 0.15) is 25.0 Å². The average molecular weight is 195 g/mol. The van der Waals surface area contributed by atoms with E-state index in [4.69, 9.17) is 10.5 Å². The maximum atomic E-state index is 5.69. The number of nitrogens with two attached hydrogens (primary N) is 1. The zero-order chi connectivity index (χ0) is 9.97. The van der Waals surface area contributed by atoms with E-state index in [0.29, 0.717) is 12.5 Å². The van der Waals surface area contributed by atoms with E-state index in [9.17, 15) is 0 Å². The number of hydrogen-bond acceptors (Lipinski definition) is 3. The molecule has 2 rings (SSSR count). The summed E-state index contributed by atoms with van der Waals surface area (Å²) in [6.45, 7) is 4.50. The van der Waals surface area contributed by atoms with Crippen LogP contribution in [-0.4, -0.2) is 22.9 Å². The summed E-state index contributed by atoms with van der Waals surface area (Å²) in [5.41, 5.74) is 6.86. The van der Waals surface area contributed by atoms with Crippen molar-refractivity contribution in [3.05, 3.63) is 18.0 Å². The highest BCUT2D eigenvalue weighted by Crippen LogP contribution is 2.33. The standard InChI is InChI=1S/C10H17N3O/c1-2-13-7-9(6-12-13)10-8(5-11)3-4-14-10/h6-8,10H,2-5,11H2,1H3/t8-,10-/m1/s1. The minimum Gasteiger partial charge on any atom is -0.373 e. The van der Waals surface area contributed by atoms with Crippen molar-refractivity contribution in [1.82, 2.24) is 9.78 Å². The predicted molar refractivity (Wildman–Crippen MR) is 53.8 cm³/mol. The van der Waals surface area contributed by atoms with Crippen LogP contribution in [0.25, 0.3) is 0 Å². The number of aryl methyl sites for hydroxylation is 1. The molecule has 0 amide bonds. The topological polar surface area (TPSA) is 53.1 Å². The monoisotopic (exact) mass is 195 g/mol. The minimum absolute atomic E-state index is 0.167. The van der Waals surface area contributed by atoms with E-state index >= 15 is 0 Å². The molecule has 0 saturated carbocycles. The molecule has 78 valence electrons. The van der Waals surface area contributed by atoms with Crippen LogP contribution in [0.4, 0.5) is 0 Å². The molecule has 0 bridgehead atoms. The Morgan fingerprint density at radius 1 is 1.71 bits per heavy atom. The molecular weight excluding hydrogens is 178 g/mol. The summed E-state index contributed by atoms with van der Waals surface area (Å²) in [4.78, 5) is 0. The van der Waals surface area contributed by atoms with Crippen LogP contribution in [0.3, 0.4) is 0 Å². The van der Waals surface area contributed by atoms with Crippen LogP contribution >= 0.6 is 0 Å². The van der Waals surface area contributed by atoms with Crippen molar-refractivity contribution >= 4 is 0 Å². The highest BCUT2D eigenvalue weighted by atomic mass is 16.5. The van der Waals surface area contributed by atoms with Crippen LogP contribution < -0.4 is 5.73 Å². The fraction of sp³-hybridized carbons (Fsp3) is 0.700. The Morgan fingerprint density at radius 2 is 2.57 bits per heavy atom. The van der Waals surface area contributed by atoms with E-state index < -0.39 is 0 Å². The lowest BCUT2D eigenvalue weighted by atomic mass is 9.98. The molecule has 1 saturated heterocycles. The predicted octanol–water partition coefficient (Wildman–Crippen LogP) is 0.939. The van der Waals surface area contributed by atoms with Gasteiger partial charge in [0.25, 0.3) is 0 Å². The highest BCUT2D eigenvalue weighted by Gasteiger charge is 2.29. The van der Waals surface area contributed by atoms with Crippen molar-refractivity contribution in [1.29, 1.82) is 0 Å². The maximum absolute atomic E-state index is 5.69. The van der Waals surface area contributed by atoms with E-state index in [0.717, 1.165) is 19.6 Å². The quantitative estimate of drug-likeness (QED) is 0.781. The van der Waals surface area contributed by atoms with Crippen molar-refractivity contribution in [2.24, 2.45) is 11.7 Å². The van der Waals surface area contributed by atoms with Gasteiger partial charge in [0, 0.05) is 30.8 Å². The molecule has 4 heteroatoms. The Bertz CT molecular complexity index is 297. The summed E-state index contributed by atoms with van der Waals surface area (Å²) in [7, 11) is 0. The van der Waals surface area contributed by atoms with Gasteiger partial charge in [-0.15, -0.1) is 0 Å². The third kappa shape index (κ3) is 1.67. The summed E-state index contributed by atoms with van der Waals surface area (Å²) >= 11 is 0. The van der Waals surface area contributed by atoms with Crippen molar-refractivity contribution in [3.8, 4) is 0 Å². The smallest absolute Gasteiger partial charge is 0.0896 e. The van der Waals surface area contributed by atoms with Gasteiger partial charge >= 0.3 is 0 Å². The van der Waals surface area contributed by atoms with Gasteiger partial charge in [0.2, 0.25) is 0 Å². The molecule has 0 aromatic carbocycles. The number of nitrogens with zero attached hydrogens (tertiary/aromatic N) is 2. The second kappa shape index (κ2) is 4.11. The van der Waals surface area contributed by atoms with E-state index in [1.165, 1.54) is 5.56 Å². The Hall–Kier alpha value is -0.870. The molecule has 4 nitrogen and oxygen atoms in total. The van der Waals surface area contributed by atoms with Gasteiger partial charge in [-0.25, -0.2) is 0 Å². The van der Waals surface area contributed by atoms with Crippen molar-refractivity contribution in [2.75, 3.05) is 13.2 Å². The van der Waals surface area contributed by atoms with Crippen LogP contribution in [0.15, 0.2) is 12.4 Å². The minimum atomic E-state index is 0.167. The van der Waals surface area contributed by atoms with E-state index in [-0.39, 0.29) is 6.10 Å². The van der Waals surface area contributed by atoms with Crippen LogP contribution in [-0.2, 0) is 11.3 Å². The van der Waals surface area contributed by atoms with Gasteiger partial charge in [-0.3, -0.25) is 4.68 Å². The van der Waals surface area contributed by atoms with Crippen molar-refractivity contribution in [3.63, 3.8) is 0 Å². The van der Waals surface area contributed by atoms with E-state index in [1.54, 1.807) is 0 Å². The fourth-order valence-corrected chi connectivity index (χ4v) is 1.94. The normalized spacial score (nSPS) is 27.0. The van der Waals surface area contributed by atoms with E-state index in [2.05, 4.69) is 18.2 Å². The molecule has 2 heterocycles. The molecule has 1 aliphatic rings. The SMILES string of the molecule is CCn1cc([C@@H]2OCC[C@@H]2CN)cn1. The third-order valence-corrected chi connectivity index (χ3v) is 2.82. The summed E-state index contributed by atoms with van der Waals surface area (Å²) in [6.07, 6.45) is 5.18. The first-order valence-corrected chi connectivity index (χ1v) is 5.19. The average Bonchev–Trinajstić information content (AvgIpc) is 2.85. The van der Waals surface area contributed by atoms with Crippen LogP contribution in [0.5, 0.6) is 0 Å². The zero-order valence-electron chi connectivity index (χ0n) is 8.52. The molecular formula is C10H17N3O. The summed E-state index contributed by atoms with van der Waals surface area (Å²) in [5.74, 6) is 0.463. The Kier molecular flexibility index (Phi) is 2.84. The van der Waals surface area contributed by atoms with Gasteiger partial charge in [-0.2, -0.15) is 5.10 Å². The van der Waals surface area contributed by atoms with Crippen molar-refractivity contribution < 1.29 is 4.74 Å². The second-order valence-corrected chi connectivity index (χ2v) is 3.71. The first-order chi connectivity index (χ1) is 6.85. The summed E-state index contributed by atoms with van der Waals surface area (Å²) < 4.78 is 7.59. The van der Waals surface area contributed by atoms with Gasteiger partial charge in [0.1, 0.15) is 0 Å². The Morgan fingerprint density at radius 3 is 3.21 bits per heavy atom. The molecule has 1 fully saturated rings. The number of hydrogen-bond donors (Lipinski definition) is 1. The number of aromatic nitrogens is 2. The molecule has 2 atom stereocenters. The molecule has 1 aromatic heterocycles. The largest absolute Gasteiger partial charge is 0.373 e. The summed E-state index contributed by atoms with van der Waals surface area (Å²) in [5, 5.41) is 4.24. The molecule has 0 spiro atoms. The lowest BCUT2D eigenvalue weighted by molar-refractivity contribution is 0.0924. The van der Waals surface area contributed by atoms with Gasteiger partial charge in [0.05, 0.1) is 12.3 Å². The van der Waals surface area contributed by atoms with Gasteiger partial charge in [-0.1, -0.05) is 0 Å². The lowest BCUT2D eigenvalue weighted by Crippen LogP contribution is -2.17. The molecule has 1 aromatic rings. The van der Waals surface area contributed by atoms with Gasteiger partial charge in [-0.05, 0) is 19.9 Å². The van der Waals surface area contributed by atoms with Crippen LogP contribution in [0.2, 0.25) is 0 Å². The molecule has 14 heavy (non-hydrogen) atoms. The van der Waals surface area contributed by atoms with Crippen LogP contribution in [0, 0.1) is 5.92 Å². The zero-order valence-corrected chi connectivity index (χ0v) is 8.52. The summed E-state index contributed by atoms with van der Waals surface area (Å²) in [6, 6.07) is 0. The fourth-order valence-electron chi connectivity index (χ4n) is 1.94. The first kappa shape index (κ1) is 9.68. The third-order valence-electron chi connectivity index (χ3n) is 2.82. The van der Waals surface area contributed by atoms with Gasteiger partial charge < -0.3 is 10.5 Å². The molecule has 0 unspecified atom stereocenters. The highest BCUT2D eigenvalue weighted by molar-refractivity contribution is 5.11. The lowest BCUT2D eigenvalue weighted by Gasteiger charge is -2.14. The second-order valence-electron chi connectivity index (χ2n) is 3.71. The first-order valence-electron chi connectivity index (χ1n) is 5.19. The molecule has 2 N–H and O–H groups in total. The number of rotatable bonds is 3. The molecule has 0 aliphatic carbocycles. The van der Waals surface area contributed by atoms with Gasteiger partial charge in [0.15, 0.2) is 0 Å². The maximum Gasteiger partial charge on any atom is 0.0896 e. The Balaban J connectivity index is 2.13. The van der Waals surface area contributed by atoms with E-state index in [1.807, 2.05) is 10.9 Å². The van der Waals surface area contributed by atoms with Crippen molar-refractivity contribution in [2.45, 2.75) is 26.0 Å². The number of ether oxygens (including phenoxy) is 1. The molecule has 1 aliphatic heterocycles.